The van der Waals surface area contributed by atoms with Crippen molar-refractivity contribution in [3.05, 3.63) is 46.5 Å². The molecule has 27 heavy (non-hydrogen) atoms. The van der Waals surface area contributed by atoms with Crippen LogP contribution >= 0.6 is 23.6 Å². The van der Waals surface area contributed by atoms with Gasteiger partial charge in [-0.15, -0.1) is 11.3 Å². The minimum Gasteiger partial charge on any atom is -0.467 e. The lowest BCUT2D eigenvalue weighted by atomic mass is 9.77. The van der Waals surface area contributed by atoms with E-state index >= 15 is 0 Å². The lowest BCUT2D eigenvalue weighted by Gasteiger charge is -2.42. The molecule has 4 rings (SSSR count). The number of thiophene rings is 1. The fraction of sp³-hybridized carbons (Fsp3) is 0.444. The molecule has 0 unspecified atom stereocenters. The Morgan fingerprint density at radius 1 is 1.26 bits per heavy atom. The molecule has 0 radical (unpaired) electrons. The molecule has 2 aromatic heterocycles. The summed E-state index contributed by atoms with van der Waals surface area (Å²) in [4.78, 5) is 17.0. The topological polar surface area (TPSA) is 103 Å². The molecular weight excluding hydrogens is 386 g/mol. The fourth-order valence-corrected chi connectivity index (χ4v) is 5.24. The number of carbonyl (C=O) groups is 1. The molecule has 2 fully saturated rings. The summed E-state index contributed by atoms with van der Waals surface area (Å²) in [7, 11) is 0. The summed E-state index contributed by atoms with van der Waals surface area (Å²) >= 11 is 7.32. The predicted octanol–water partition coefficient (Wildman–Crippen LogP) is 0.908. The molecule has 1 saturated heterocycles. The third-order valence-electron chi connectivity index (χ3n) is 5.39. The van der Waals surface area contributed by atoms with E-state index in [-0.39, 0.29) is 6.42 Å². The second kappa shape index (κ2) is 7.23. The molecule has 1 aliphatic heterocycles. The third-order valence-corrected chi connectivity index (χ3v) is 6.72. The van der Waals surface area contributed by atoms with Gasteiger partial charge in [0.1, 0.15) is 11.9 Å². The summed E-state index contributed by atoms with van der Waals surface area (Å²) in [6.07, 6.45) is -0.353. The zero-order chi connectivity index (χ0) is 19.1. The number of aliphatic hydroxyl groups excluding tert-OH is 2. The second-order valence-electron chi connectivity index (χ2n) is 6.98. The summed E-state index contributed by atoms with van der Waals surface area (Å²) in [5.74, 6) is -0.409. The van der Waals surface area contributed by atoms with Gasteiger partial charge in [-0.3, -0.25) is 4.79 Å². The van der Waals surface area contributed by atoms with Gasteiger partial charge < -0.3 is 30.2 Å². The number of carbonyl (C=O) groups excluding carboxylic acids is 1. The van der Waals surface area contributed by atoms with E-state index < -0.39 is 36.1 Å². The van der Waals surface area contributed by atoms with Gasteiger partial charge in [-0.1, -0.05) is 6.07 Å². The molecule has 4 N–H and O–H groups in total. The zero-order valence-electron chi connectivity index (χ0n) is 14.5. The van der Waals surface area contributed by atoms with E-state index in [0.29, 0.717) is 24.0 Å². The van der Waals surface area contributed by atoms with Gasteiger partial charge in [-0.2, -0.15) is 0 Å². The van der Waals surface area contributed by atoms with Crippen molar-refractivity contribution in [3.63, 3.8) is 0 Å². The second-order valence-corrected chi connectivity index (χ2v) is 8.38. The maximum Gasteiger partial charge on any atom is 0.222 e. The number of rotatable bonds is 5. The summed E-state index contributed by atoms with van der Waals surface area (Å²) in [6, 6.07) is 6.65. The van der Waals surface area contributed by atoms with Crippen LogP contribution in [0.3, 0.4) is 0 Å². The Kier molecular flexibility index (Phi) is 4.94. The van der Waals surface area contributed by atoms with E-state index in [1.165, 1.54) is 0 Å². The molecule has 0 bridgehead atoms. The number of nitrogens with two attached hydrogens (primary N) is 1. The number of furan rings is 1. The average molecular weight is 408 g/mol. The highest BCUT2D eigenvalue weighted by molar-refractivity contribution is 7.80. The van der Waals surface area contributed by atoms with Crippen molar-refractivity contribution in [2.75, 3.05) is 0 Å². The summed E-state index contributed by atoms with van der Waals surface area (Å²) in [5.41, 5.74) is 5.65. The van der Waals surface area contributed by atoms with Crippen LogP contribution in [0.5, 0.6) is 0 Å². The van der Waals surface area contributed by atoms with Gasteiger partial charge in [0, 0.05) is 4.88 Å². The first-order chi connectivity index (χ1) is 13.0. The van der Waals surface area contributed by atoms with Crippen LogP contribution in [0.15, 0.2) is 40.3 Å². The minimum absolute atomic E-state index is 0.113. The molecule has 2 aliphatic rings. The van der Waals surface area contributed by atoms with Crippen molar-refractivity contribution in [3.8, 4) is 0 Å². The van der Waals surface area contributed by atoms with Crippen LogP contribution in [-0.4, -0.2) is 55.3 Å². The average Bonchev–Trinajstić information content (AvgIpc) is 3.37. The van der Waals surface area contributed by atoms with Gasteiger partial charge >= 0.3 is 0 Å². The Balaban J connectivity index is 1.72. The molecule has 1 saturated carbocycles. The number of fused-ring (bicyclic) bond motifs is 1. The molecular formula is C18H21N3O4S2. The Morgan fingerprint density at radius 2 is 2.04 bits per heavy atom. The van der Waals surface area contributed by atoms with Crippen molar-refractivity contribution in [2.45, 2.75) is 43.8 Å². The standard InChI is InChI=1S/C18H21N3O4S2/c19-17(24)12-7-13(22)16(23)15-14(12)20(8-10-3-1-5-25-10)18(26)21(15)9-11-4-2-6-27-11/h1-6,12-16,22-23H,7-9H2,(H2,19,24)/t12-,13-,14-,15-,16+/m1/s1. The Morgan fingerprint density at radius 3 is 2.67 bits per heavy atom. The maximum atomic E-state index is 12.1. The highest BCUT2D eigenvalue weighted by Gasteiger charge is 2.56. The van der Waals surface area contributed by atoms with Crippen LogP contribution in [0.1, 0.15) is 17.1 Å². The molecule has 9 heteroatoms. The van der Waals surface area contributed by atoms with Gasteiger partial charge in [0.05, 0.1) is 43.5 Å². The minimum atomic E-state index is -1.03. The molecule has 0 spiro atoms. The van der Waals surface area contributed by atoms with Gasteiger partial charge in [-0.05, 0) is 42.2 Å². The highest BCUT2D eigenvalue weighted by Crippen LogP contribution is 2.40. The van der Waals surface area contributed by atoms with E-state index in [2.05, 4.69) is 0 Å². The number of hydrogen-bond donors (Lipinski definition) is 3. The molecule has 2 aromatic rings. The van der Waals surface area contributed by atoms with E-state index in [1.807, 2.05) is 33.4 Å². The monoisotopic (exact) mass is 407 g/mol. The number of aliphatic hydroxyl groups is 2. The molecule has 3 heterocycles. The number of amides is 1. The number of thiocarbonyl (C=S) groups is 1. The zero-order valence-corrected chi connectivity index (χ0v) is 16.1. The first kappa shape index (κ1) is 18.4. The lowest BCUT2D eigenvalue weighted by molar-refractivity contribution is -0.133. The first-order valence-electron chi connectivity index (χ1n) is 8.75. The summed E-state index contributed by atoms with van der Waals surface area (Å²) < 4.78 is 5.46. The Labute approximate surface area is 166 Å². The van der Waals surface area contributed by atoms with Gasteiger partial charge in [-0.25, -0.2) is 0 Å². The van der Waals surface area contributed by atoms with Crippen molar-refractivity contribution in [1.82, 2.24) is 9.80 Å². The van der Waals surface area contributed by atoms with Crippen molar-refractivity contribution < 1.29 is 19.4 Å². The van der Waals surface area contributed by atoms with Crippen LogP contribution < -0.4 is 5.73 Å². The predicted molar refractivity (Wildman–Crippen MR) is 104 cm³/mol. The third kappa shape index (κ3) is 3.25. The largest absolute Gasteiger partial charge is 0.467 e. The summed E-state index contributed by atoms with van der Waals surface area (Å²) in [5, 5.41) is 23.6. The highest BCUT2D eigenvalue weighted by atomic mass is 32.1. The van der Waals surface area contributed by atoms with Crippen molar-refractivity contribution in [2.24, 2.45) is 11.7 Å². The van der Waals surface area contributed by atoms with Crippen LogP contribution in [0, 0.1) is 5.92 Å². The van der Waals surface area contributed by atoms with E-state index in [9.17, 15) is 15.0 Å². The number of nitrogens with zero attached hydrogens (tertiary/aromatic N) is 2. The van der Waals surface area contributed by atoms with Crippen molar-refractivity contribution >= 4 is 34.6 Å². The number of primary amides is 1. The molecule has 144 valence electrons. The van der Waals surface area contributed by atoms with Gasteiger partial charge in [0.15, 0.2) is 5.11 Å². The van der Waals surface area contributed by atoms with Crippen molar-refractivity contribution in [1.29, 1.82) is 0 Å². The quantitative estimate of drug-likeness (QED) is 0.633. The first-order valence-corrected chi connectivity index (χ1v) is 10.0. The normalized spacial score (nSPS) is 30.6. The van der Waals surface area contributed by atoms with Crippen LogP contribution in [0.2, 0.25) is 0 Å². The summed E-state index contributed by atoms with van der Waals surface area (Å²) in [6.45, 7) is 0.877. The molecule has 0 aromatic carbocycles. The van der Waals surface area contributed by atoms with Crippen LogP contribution in [0.4, 0.5) is 0 Å². The molecule has 7 nitrogen and oxygen atoms in total. The molecule has 1 amide bonds. The van der Waals surface area contributed by atoms with Gasteiger partial charge in [0.2, 0.25) is 5.91 Å². The lowest BCUT2D eigenvalue weighted by Crippen LogP contribution is -2.60. The van der Waals surface area contributed by atoms with Crippen LogP contribution in [0.25, 0.3) is 0 Å². The smallest absolute Gasteiger partial charge is 0.222 e. The van der Waals surface area contributed by atoms with Crippen LogP contribution in [-0.2, 0) is 17.9 Å². The Bertz CT molecular complexity index is 811. The molecule has 5 atom stereocenters. The Hall–Kier alpha value is -1.94. The number of hydrogen-bond acceptors (Lipinski definition) is 6. The SMILES string of the molecule is NC(=O)[C@@H]1C[C@@H](O)[C@H](O)[C@H]2[C@@H]1N(Cc1ccco1)C(=S)N2Cc1cccs1. The van der Waals surface area contributed by atoms with E-state index in [1.54, 1.807) is 23.7 Å². The van der Waals surface area contributed by atoms with E-state index in [4.69, 9.17) is 22.4 Å². The fourth-order valence-electron chi connectivity index (χ4n) is 4.17. The van der Waals surface area contributed by atoms with Gasteiger partial charge in [0.25, 0.3) is 0 Å². The van der Waals surface area contributed by atoms with E-state index in [0.717, 1.165) is 4.88 Å². The molecule has 1 aliphatic carbocycles. The maximum absolute atomic E-state index is 12.1.